The molecule has 0 saturated carbocycles. The highest BCUT2D eigenvalue weighted by Gasteiger charge is 2.12. The first-order valence-electron chi connectivity index (χ1n) is 9.07. The second-order valence-corrected chi connectivity index (χ2v) is 6.05. The maximum Gasteiger partial charge on any atom is 0.335 e. The molecule has 0 atom stereocenters. The third-order valence-electron chi connectivity index (χ3n) is 4.38. The minimum Gasteiger partial charge on any atom is -0.478 e. The van der Waals surface area contributed by atoms with E-state index in [1.807, 2.05) is 56.3 Å². The van der Waals surface area contributed by atoms with E-state index in [-0.39, 0.29) is 11.5 Å². The van der Waals surface area contributed by atoms with Crippen LogP contribution in [0.2, 0.25) is 0 Å². The quantitative estimate of drug-likeness (QED) is 0.664. The SMILES string of the molecule is CCN(CC)C(=O)c1ccc(C(=O)O)cc1.O=Cc1cccc2ccccc12. The largest absolute Gasteiger partial charge is 0.478 e. The van der Waals surface area contributed by atoms with Crippen molar-refractivity contribution in [1.29, 1.82) is 0 Å². The first-order valence-corrected chi connectivity index (χ1v) is 9.07. The molecule has 1 N–H and O–H groups in total. The maximum atomic E-state index is 11.9. The molecule has 3 rings (SSSR count). The summed E-state index contributed by atoms with van der Waals surface area (Å²) in [4.78, 5) is 34.8. The van der Waals surface area contributed by atoms with Gasteiger partial charge in [0.1, 0.15) is 0 Å². The van der Waals surface area contributed by atoms with Gasteiger partial charge in [0, 0.05) is 24.2 Å². The van der Waals surface area contributed by atoms with Crippen LogP contribution in [0.25, 0.3) is 10.8 Å². The highest BCUT2D eigenvalue weighted by Crippen LogP contribution is 2.16. The Balaban J connectivity index is 0.000000207. The Morgan fingerprint density at radius 1 is 0.857 bits per heavy atom. The Labute approximate surface area is 164 Å². The number of carbonyl (C=O) groups is 3. The molecule has 0 aliphatic rings. The monoisotopic (exact) mass is 377 g/mol. The number of hydrogen-bond acceptors (Lipinski definition) is 3. The van der Waals surface area contributed by atoms with Gasteiger partial charge in [-0.1, -0.05) is 42.5 Å². The van der Waals surface area contributed by atoms with E-state index >= 15 is 0 Å². The molecule has 5 nitrogen and oxygen atoms in total. The van der Waals surface area contributed by atoms with E-state index in [9.17, 15) is 14.4 Å². The van der Waals surface area contributed by atoms with Gasteiger partial charge >= 0.3 is 5.97 Å². The van der Waals surface area contributed by atoms with Crippen LogP contribution in [0.1, 0.15) is 44.9 Å². The van der Waals surface area contributed by atoms with Crippen LogP contribution < -0.4 is 0 Å². The van der Waals surface area contributed by atoms with Gasteiger partial charge in [-0.15, -0.1) is 0 Å². The van der Waals surface area contributed by atoms with Gasteiger partial charge in [0.2, 0.25) is 0 Å². The summed E-state index contributed by atoms with van der Waals surface area (Å²) >= 11 is 0. The third-order valence-corrected chi connectivity index (χ3v) is 4.38. The molecule has 28 heavy (non-hydrogen) atoms. The molecule has 5 heteroatoms. The molecule has 1 amide bonds. The molecule has 0 spiro atoms. The summed E-state index contributed by atoms with van der Waals surface area (Å²) in [5.41, 5.74) is 1.47. The zero-order chi connectivity index (χ0) is 20.5. The van der Waals surface area contributed by atoms with E-state index in [0.717, 1.165) is 22.6 Å². The van der Waals surface area contributed by atoms with Crippen LogP contribution in [-0.4, -0.2) is 41.3 Å². The molecule has 3 aromatic rings. The van der Waals surface area contributed by atoms with Gasteiger partial charge in [0.25, 0.3) is 5.91 Å². The van der Waals surface area contributed by atoms with E-state index < -0.39 is 5.97 Å². The van der Waals surface area contributed by atoms with Crippen molar-refractivity contribution in [1.82, 2.24) is 4.90 Å². The van der Waals surface area contributed by atoms with Crippen LogP contribution in [0.4, 0.5) is 0 Å². The molecule has 0 saturated heterocycles. The first kappa shape index (κ1) is 20.8. The molecule has 0 radical (unpaired) electrons. The molecular formula is C23H23NO4. The van der Waals surface area contributed by atoms with Crippen molar-refractivity contribution < 1.29 is 19.5 Å². The molecule has 0 fully saturated rings. The topological polar surface area (TPSA) is 74.7 Å². The normalized spacial score (nSPS) is 9.93. The van der Waals surface area contributed by atoms with Crippen molar-refractivity contribution in [2.75, 3.05) is 13.1 Å². The number of carboxylic acids is 1. The molecule has 0 aromatic heterocycles. The smallest absolute Gasteiger partial charge is 0.335 e. The molecule has 0 aliphatic heterocycles. The molecule has 3 aromatic carbocycles. The fourth-order valence-electron chi connectivity index (χ4n) is 2.80. The van der Waals surface area contributed by atoms with Crippen LogP contribution in [0.5, 0.6) is 0 Å². The van der Waals surface area contributed by atoms with Crippen LogP contribution in [0.15, 0.2) is 66.7 Å². The summed E-state index contributed by atoms with van der Waals surface area (Å²) in [5, 5.41) is 10.9. The minimum absolute atomic E-state index is 0.0676. The number of amides is 1. The predicted molar refractivity (Wildman–Crippen MR) is 110 cm³/mol. The van der Waals surface area contributed by atoms with E-state index in [1.54, 1.807) is 17.0 Å². The van der Waals surface area contributed by atoms with Crippen LogP contribution >= 0.6 is 0 Å². The van der Waals surface area contributed by atoms with Gasteiger partial charge in [-0.05, 0) is 48.9 Å². The summed E-state index contributed by atoms with van der Waals surface area (Å²) in [6.45, 7) is 5.12. The molecule has 0 unspecified atom stereocenters. The zero-order valence-electron chi connectivity index (χ0n) is 16.0. The van der Waals surface area contributed by atoms with Crippen LogP contribution in [-0.2, 0) is 0 Å². The predicted octanol–water partition coefficient (Wildman–Crippen LogP) is 4.52. The Hall–Kier alpha value is -3.47. The molecule has 144 valence electrons. The number of aldehydes is 1. The van der Waals surface area contributed by atoms with Crippen molar-refractivity contribution in [2.45, 2.75) is 13.8 Å². The number of carbonyl (C=O) groups excluding carboxylic acids is 2. The van der Waals surface area contributed by atoms with Gasteiger partial charge in [-0.25, -0.2) is 4.79 Å². The highest BCUT2D eigenvalue weighted by molar-refractivity contribution is 5.98. The van der Waals surface area contributed by atoms with Crippen molar-refractivity contribution in [3.8, 4) is 0 Å². The molecular weight excluding hydrogens is 354 g/mol. The Morgan fingerprint density at radius 3 is 2.00 bits per heavy atom. The second-order valence-electron chi connectivity index (χ2n) is 6.05. The Bertz CT molecular complexity index is 955. The summed E-state index contributed by atoms with van der Waals surface area (Å²) in [5.74, 6) is -1.05. The van der Waals surface area contributed by atoms with Gasteiger partial charge in [0.15, 0.2) is 6.29 Å². The standard InChI is InChI=1S/C12H15NO3.C11H8O/c1-3-13(4-2)11(14)9-5-7-10(8-6-9)12(15)16;12-8-10-6-3-5-9-4-1-2-7-11(9)10/h5-8H,3-4H2,1-2H3,(H,15,16);1-8H. The lowest BCUT2D eigenvalue weighted by Gasteiger charge is -2.18. The van der Waals surface area contributed by atoms with E-state index in [0.29, 0.717) is 18.7 Å². The van der Waals surface area contributed by atoms with Gasteiger partial charge in [-0.3, -0.25) is 9.59 Å². The third kappa shape index (κ3) is 5.04. The van der Waals surface area contributed by atoms with Crippen LogP contribution in [0, 0.1) is 0 Å². The number of benzene rings is 3. The number of fused-ring (bicyclic) bond motifs is 1. The van der Waals surface area contributed by atoms with Crippen LogP contribution in [0.3, 0.4) is 0 Å². The van der Waals surface area contributed by atoms with E-state index in [1.165, 1.54) is 12.1 Å². The van der Waals surface area contributed by atoms with Gasteiger partial charge in [-0.2, -0.15) is 0 Å². The lowest BCUT2D eigenvalue weighted by molar-refractivity contribution is 0.0694. The van der Waals surface area contributed by atoms with Crippen molar-refractivity contribution >= 4 is 28.9 Å². The summed E-state index contributed by atoms with van der Waals surface area (Å²) in [6, 6.07) is 19.6. The molecule has 0 aliphatic carbocycles. The highest BCUT2D eigenvalue weighted by atomic mass is 16.4. The lowest BCUT2D eigenvalue weighted by Crippen LogP contribution is -2.30. The van der Waals surface area contributed by atoms with Crippen molar-refractivity contribution in [3.05, 3.63) is 83.4 Å². The summed E-state index contributed by atoms with van der Waals surface area (Å²) in [7, 11) is 0. The average molecular weight is 377 g/mol. The van der Waals surface area contributed by atoms with E-state index in [2.05, 4.69) is 0 Å². The second kappa shape index (κ2) is 10.0. The maximum absolute atomic E-state index is 11.9. The fourth-order valence-corrected chi connectivity index (χ4v) is 2.80. The summed E-state index contributed by atoms with van der Waals surface area (Å²) < 4.78 is 0. The number of nitrogens with zero attached hydrogens (tertiary/aromatic N) is 1. The molecule has 0 heterocycles. The Kier molecular flexibility index (Phi) is 7.45. The number of rotatable bonds is 5. The number of hydrogen-bond donors (Lipinski definition) is 1. The fraction of sp³-hybridized carbons (Fsp3) is 0.174. The number of carboxylic acid groups (broad SMARTS) is 1. The van der Waals surface area contributed by atoms with E-state index in [4.69, 9.17) is 5.11 Å². The van der Waals surface area contributed by atoms with Gasteiger partial charge in [0.05, 0.1) is 5.56 Å². The van der Waals surface area contributed by atoms with Gasteiger partial charge < -0.3 is 10.0 Å². The zero-order valence-corrected chi connectivity index (χ0v) is 16.0. The average Bonchev–Trinajstić information content (AvgIpc) is 2.74. The summed E-state index contributed by atoms with van der Waals surface area (Å²) in [6.07, 6.45) is 0.891. The van der Waals surface area contributed by atoms with Crippen molar-refractivity contribution in [2.24, 2.45) is 0 Å². The van der Waals surface area contributed by atoms with Crippen molar-refractivity contribution in [3.63, 3.8) is 0 Å². The first-order chi connectivity index (χ1) is 13.5. The number of aromatic carboxylic acids is 1. The minimum atomic E-state index is -0.984. The molecule has 0 bridgehead atoms. The lowest BCUT2D eigenvalue weighted by atomic mass is 10.1. The Morgan fingerprint density at radius 2 is 1.43 bits per heavy atom.